The van der Waals surface area contributed by atoms with Gasteiger partial charge < -0.3 is 10.6 Å². The minimum Gasteiger partial charge on any atom is -0.385 e. The number of rotatable bonds is 4. The summed E-state index contributed by atoms with van der Waals surface area (Å²) in [6.45, 7) is 2.78. The number of nitrogens with one attached hydrogen (secondary N) is 2. The molecule has 1 heterocycles. The molecule has 0 aliphatic heterocycles. The van der Waals surface area contributed by atoms with Gasteiger partial charge in [0, 0.05) is 22.0 Å². The number of amides is 1. The third-order valence-electron chi connectivity index (χ3n) is 2.55. The van der Waals surface area contributed by atoms with Crippen LogP contribution in [-0.2, 0) is 0 Å². The molecule has 0 unspecified atom stereocenters. The molecule has 0 aliphatic rings. The Morgan fingerprint density at radius 1 is 1.35 bits per heavy atom. The molecule has 6 heteroatoms. The highest BCUT2D eigenvalue weighted by Crippen LogP contribution is 2.24. The summed E-state index contributed by atoms with van der Waals surface area (Å²) in [4.78, 5) is 16.2. The molecule has 0 saturated heterocycles. The fraction of sp³-hybridized carbons (Fsp3) is 0.143. The number of nitrogens with zero attached hydrogens (tertiary/aromatic N) is 1. The summed E-state index contributed by atoms with van der Waals surface area (Å²) in [5.41, 5.74) is 1.78. The predicted molar refractivity (Wildman–Crippen MR) is 90.5 cm³/mol. The maximum atomic E-state index is 12.1. The van der Waals surface area contributed by atoms with E-state index < -0.39 is 0 Å². The molecule has 2 aromatic rings. The molecule has 1 aromatic heterocycles. The van der Waals surface area contributed by atoms with Crippen LogP contribution >= 0.6 is 34.2 Å². The molecular weight excluding hydrogens is 389 g/mol. The van der Waals surface area contributed by atoms with Crippen LogP contribution in [0.25, 0.3) is 0 Å². The SMILES string of the molecule is CCNc1ccnc(C(=O)Nc2ccc(I)cc2Cl)c1. The van der Waals surface area contributed by atoms with Gasteiger partial charge in [-0.2, -0.15) is 0 Å². The number of pyridine rings is 1. The summed E-state index contributed by atoms with van der Waals surface area (Å²) >= 11 is 8.25. The second kappa shape index (κ2) is 6.90. The topological polar surface area (TPSA) is 54.0 Å². The van der Waals surface area contributed by atoms with Crippen molar-refractivity contribution in [3.05, 3.63) is 50.8 Å². The lowest BCUT2D eigenvalue weighted by Gasteiger charge is -2.08. The van der Waals surface area contributed by atoms with E-state index in [2.05, 4.69) is 38.2 Å². The van der Waals surface area contributed by atoms with Crippen molar-refractivity contribution in [3.63, 3.8) is 0 Å². The molecule has 0 saturated carbocycles. The third kappa shape index (κ3) is 3.83. The molecule has 2 rings (SSSR count). The summed E-state index contributed by atoms with van der Waals surface area (Å²) in [5, 5.41) is 6.40. The van der Waals surface area contributed by atoms with Crippen LogP contribution in [0.15, 0.2) is 36.5 Å². The first-order chi connectivity index (χ1) is 9.60. The van der Waals surface area contributed by atoms with E-state index >= 15 is 0 Å². The van der Waals surface area contributed by atoms with Crippen molar-refractivity contribution in [1.82, 2.24) is 4.98 Å². The van der Waals surface area contributed by atoms with E-state index in [1.165, 1.54) is 0 Å². The number of hydrogen-bond donors (Lipinski definition) is 2. The minimum absolute atomic E-state index is 0.284. The van der Waals surface area contributed by atoms with Crippen LogP contribution in [0.2, 0.25) is 5.02 Å². The molecular formula is C14H13ClIN3O. The van der Waals surface area contributed by atoms with Gasteiger partial charge in [0.05, 0.1) is 10.7 Å². The summed E-state index contributed by atoms with van der Waals surface area (Å²) in [6.07, 6.45) is 1.60. The van der Waals surface area contributed by atoms with E-state index in [1.807, 2.05) is 19.1 Å². The highest BCUT2D eigenvalue weighted by atomic mass is 127. The molecule has 0 radical (unpaired) electrons. The zero-order valence-electron chi connectivity index (χ0n) is 10.8. The van der Waals surface area contributed by atoms with E-state index in [0.29, 0.717) is 16.4 Å². The van der Waals surface area contributed by atoms with Crippen molar-refractivity contribution in [2.24, 2.45) is 0 Å². The van der Waals surface area contributed by atoms with Crippen molar-refractivity contribution in [3.8, 4) is 0 Å². The van der Waals surface area contributed by atoms with Crippen LogP contribution in [0, 0.1) is 3.57 Å². The normalized spacial score (nSPS) is 10.2. The first kappa shape index (κ1) is 15.1. The molecule has 0 fully saturated rings. The first-order valence-corrected chi connectivity index (χ1v) is 7.52. The summed E-state index contributed by atoms with van der Waals surface area (Å²) in [7, 11) is 0. The van der Waals surface area contributed by atoms with Crippen molar-refractivity contribution >= 4 is 51.5 Å². The van der Waals surface area contributed by atoms with Crippen LogP contribution < -0.4 is 10.6 Å². The van der Waals surface area contributed by atoms with Gasteiger partial charge in [-0.25, -0.2) is 0 Å². The minimum atomic E-state index is -0.284. The van der Waals surface area contributed by atoms with Gasteiger partial charge in [0.2, 0.25) is 0 Å². The fourth-order valence-corrected chi connectivity index (χ4v) is 2.55. The summed E-state index contributed by atoms with van der Waals surface area (Å²) < 4.78 is 1.01. The molecule has 20 heavy (non-hydrogen) atoms. The van der Waals surface area contributed by atoms with Gasteiger partial charge in [-0.1, -0.05) is 11.6 Å². The van der Waals surface area contributed by atoms with Gasteiger partial charge >= 0.3 is 0 Å². The van der Waals surface area contributed by atoms with Crippen molar-refractivity contribution in [1.29, 1.82) is 0 Å². The summed E-state index contributed by atoms with van der Waals surface area (Å²) in [6, 6.07) is 8.97. The van der Waals surface area contributed by atoms with Gasteiger partial charge in [0.1, 0.15) is 5.69 Å². The number of carbonyl (C=O) groups is 1. The lowest BCUT2D eigenvalue weighted by molar-refractivity contribution is 0.102. The number of anilines is 2. The Morgan fingerprint density at radius 2 is 2.15 bits per heavy atom. The molecule has 0 aliphatic carbocycles. The Labute approximate surface area is 136 Å². The average molecular weight is 402 g/mol. The maximum absolute atomic E-state index is 12.1. The number of aromatic nitrogens is 1. The standard InChI is InChI=1S/C14H13ClIN3O/c1-2-17-10-5-6-18-13(8-10)14(20)19-12-4-3-9(16)7-11(12)15/h3-8H,2H2,1H3,(H,17,18)(H,19,20). The highest BCUT2D eigenvalue weighted by molar-refractivity contribution is 14.1. The average Bonchev–Trinajstić information content (AvgIpc) is 2.42. The zero-order chi connectivity index (χ0) is 14.5. The quantitative estimate of drug-likeness (QED) is 0.761. The number of carbonyl (C=O) groups excluding carboxylic acids is 1. The van der Waals surface area contributed by atoms with Gasteiger partial charge in [0.25, 0.3) is 5.91 Å². The van der Waals surface area contributed by atoms with Crippen LogP contribution in [0.1, 0.15) is 17.4 Å². The Bertz CT molecular complexity index is 634. The van der Waals surface area contributed by atoms with Crippen LogP contribution in [0.5, 0.6) is 0 Å². The molecule has 104 valence electrons. The maximum Gasteiger partial charge on any atom is 0.274 e. The second-order valence-corrected chi connectivity index (χ2v) is 5.69. The molecule has 4 nitrogen and oxygen atoms in total. The Balaban J connectivity index is 2.17. The van der Waals surface area contributed by atoms with Crippen molar-refractivity contribution in [2.45, 2.75) is 6.92 Å². The van der Waals surface area contributed by atoms with Crippen LogP contribution in [0.3, 0.4) is 0 Å². The largest absolute Gasteiger partial charge is 0.385 e. The van der Waals surface area contributed by atoms with Gasteiger partial charge in [0.15, 0.2) is 0 Å². The number of benzene rings is 1. The van der Waals surface area contributed by atoms with Crippen molar-refractivity contribution < 1.29 is 4.79 Å². The third-order valence-corrected chi connectivity index (χ3v) is 3.54. The highest BCUT2D eigenvalue weighted by Gasteiger charge is 2.10. The first-order valence-electron chi connectivity index (χ1n) is 6.06. The van der Waals surface area contributed by atoms with Crippen LogP contribution in [0.4, 0.5) is 11.4 Å². The monoisotopic (exact) mass is 401 g/mol. The van der Waals surface area contributed by atoms with E-state index in [-0.39, 0.29) is 5.91 Å². The molecule has 0 spiro atoms. The van der Waals surface area contributed by atoms with Gasteiger partial charge in [-0.15, -0.1) is 0 Å². The Hall–Kier alpha value is -1.34. The Morgan fingerprint density at radius 3 is 2.85 bits per heavy atom. The second-order valence-electron chi connectivity index (χ2n) is 4.04. The summed E-state index contributed by atoms with van der Waals surface area (Å²) in [5.74, 6) is -0.284. The van der Waals surface area contributed by atoms with Gasteiger partial charge in [-0.05, 0) is 59.8 Å². The molecule has 1 amide bonds. The van der Waals surface area contributed by atoms with E-state index in [9.17, 15) is 4.79 Å². The van der Waals surface area contributed by atoms with Crippen LogP contribution in [-0.4, -0.2) is 17.4 Å². The predicted octanol–water partition coefficient (Wildman–Crippen LogP) is 4.02. The lowest BCUT2D eigenvalue weighted by Crippen LogP contribution is -2.14. The van der Waals surface area contributed by atoms with E-state index in [4.69, 9.17) is 11.6 Å². The number of halogens is 2. The molecule has 1 aromatic carbocycles. The van der Waals surface area contributed by atoms with E-state index in [1.54, 1.807) is 24.4 Å². The smallest absolute Gasteiger partial charge is 0.274 e. The molecule has 2 N–H and O–H groups in total. The number of hydrogen-bond acceptors (Lipinski definition) is 3. The zero-order valence-corrected chi connectivity index (χ0v) is 13.7. The van der Waals surface area contributed by atoms with Crippen molar-refractivity contribution in [2.75, 3.05) is 17.2 Å². The molecule has 0 bridgehead atoms. The molecule has 0 atom stereocenters. The fourth-order valence-electron chi connectivity index (χ4n) is 1.65. The lowest BCUT2D eigenvalue weighted by atomic mass is 10.2. The van der Waals surface area contributed by atoms with Gasteiger partial charge in [-0.3, -0.25) is 9.78 Å². The van der Waals surface area contributed by atoms with E-state index in [0.717, 1.165) is 15.8 Å². The Kier molecular flexibility index (Phi) is 5.19.